The molecule has 6 nitrogen and oxygen atoms in total. The predicted molar refractivity (Wildman–Crippen MR) is 63.3 cm³/mol. The third kappa shape index (κ3) is 1.55. The van der Waals surface area contributed by atoms with Crippen molar-refractivity contribution in [1.82, 2.24) is 4.98 Å². The summed E-state index contributed by atoms with van der Waals surface area (Å²) < 4.78 is 1.52. The fourth-order valence-corrected chi connectivity index (χ4v) is 1.96. The molecule has 6 heteroatoms. The number of rotatable bonds is 2. The van der Waals surface area contributed by atoms with Gasteiger partial charge in [-0.3, -0.25) is 10.3 Å². The van der Waals surface area contributed by atoms with Crippen molar-refractivity contribution in [2.45, 2.75) is 6.04 Å². The van der Waals surface area contributed by atoms with E-state index < -0.39 is 6.04 Å². The normalized spacial score (nSPS) is 17.1. The molecule has 0 aliphatic carbocycles. The van der Waals surface area contributed by atoms with E-state index in [0.717, 1.165) is 5.56 Å². The monoisotopic (exact) mass is 241 g/mol. The number of carbonyl (C=O) groups is 1. The summed E-state index contributed by atoms with van der Waals surface area (Å²) in [7, 11) is 0. The molecule has 0 bridgehead atoms. The first-order chi connectivity index (χ1) is 8.79. The quantitative estimate of drug-likeness (QED) is 0.639. The molecule has 0 fully saturated rings. The summed E-state index contributed by atoms with van der Waals surface area (Å²) in [5.41, 5.74) is 1.13. The zero-order valence-electron chi connectivity index (χ0n) is 9.28. The van der Waals surface area contributed by atoms with E-state index in [2.05, 4.69) is 15.5 Å². The topological polar surface area (TPSA) is 75.3 Å². The predicted octanol–water partition coefficient (Wildman–Crippen LogP) is 1.57. The Bertz CT molecular complexity index is 624. The lowest BCUT2D eigenvalue weighted by Gasteiger charge is -2.02. The van der Waals surface area contributed by atoms with E-state index in [1.807, 2.05) is 0 Å². The van der Waals surface area contributed by atoms with Crippen LogP contribution in [0.1, 0.15) is 16.4 Å². The molecule has 0 radical (unpaired) electrons. The van der Waals surface area contributed by atoms with Crippen molar-refractivity contribution in [3.63, 3.8) is 0 Å². The minimum absolute atomic E-state index is 0.0702. The molecule has 0 saturated carbocycles. The van der Waals surface area contributed by atoms with Crippen molar-refractivity contribution >= 4 is 17.4 Å². The van der Waals surface area contributed by atoms with Crippen LogP contribution in [-0.4, -0.2) is 10.9 Å². The highest BCUT2D eigenvalue weighted by Gasteiger charge is 2.39. The van der Waals surface area contributed by atoms with Gasteiger partial charge >= 0.3 is 11.7 Å². The number of fused-ring (bicyclic) bond motifs is 1. The summed E-state index contributed by atoms with van der Waals surface area (Å²) in [4.78, 5) is 26.4. The van der Waals surface area contributed by atoms with Crippen molar-refractivity contribution < 1.29 is 9.36 Å². The number of nitrogens with zero attached hydrogens (tertiary/aromatic N) is 3. The summed E-state index contributed by atoms with van der Waals surface area (Å²) in [6.07, 6.45) is 4.77. The Hall–Kier alpha value is -2.63. The number of nitrogens with one attached hydrogen (secondary N) is 1. The van der Waals surface area contributed by atoms with Gasteiger partial charge in [0.05, 0.1) is 6.20 Å². The Kier molecular flexibility index (Phi) is 2.33. The Morgan fingerprint density at radius 3 is 2.72 bits per heavy atom. The molecule has 88 valence electrons. The molecule has 1 aliphatic heterocycles. The summed E-state index contributed by atoms with van der Waals surface area (Å²) >= 11 is 0. The molecule has 3 rings (SSSR count). The van der Waals surface area contributed by atoms with E-state index in [-0.39, 0.29) is 5.91 Å². The average molecular weight is 241 g/mol. The summed E-state index contributed by atoms with van der Waals surface area (Å²) in [6.45, 7) is 0. The number of benzene rings is 1. The van der Waals surface area contributed by atoms with Crippen LogP contribution in [0.2, 0.25) is 0 Å². The van der Waals surface area contributed by atoms with Crippen LogP contribution in [0.5, 0.6) is 0 Å². The molecule has 0 amide bonds. The van der Waals surface area contributed by atoms with E-state index in [4.69, 9.17) is 0 Å². The molecule has 1 atom stereocenters. The molecule has 1 aliphatic rings. The number of nitroso groups, excluding NO2 is 1. The van der Waals surface area contributed by atoms with E-state index in [1.165, 1.54) is 4.57 Å². The number of hydrogen-bond donors (Lipinski definition) is 1. The largest absolute Gasteiger partial charge is 0.363 e. The number of carbonyl (C=O) groups excluding carboxylic acids is 1. The molecule has 0 saturated heterocycles. The minimum Gasteiger partial charge on any atom is -0.254 e. The first-order valence-corrected chi connectivity index (χ1v) is 5.39. The van der Waals surface area contributed by atoms with Crippen molar-refractivity contribution in [2.24, 2.45) is 5.18 Å². The van der Waals surface area contributed by atoms with Crippen molar-refractivity contribution in [1.29, 1.82) is 0 Å². The summed E-state index contributed by atoms with van der Waals surface area (Å²) in [5.74, 6) is 0.587. The van der Waals surface area contributed by atoms with Gasteiger partial charge in [-0.1, -0.05) is 12.1 Å². The third-order valence-corrected chi connectivity index (χ3v) is 2.87. The van der Waals surface area contributed by atoms with Crippen molar-refractivity contribution in [2.75, 3.05) is 5.32 Å². The highest BCUT2D eigenvalue weighted by Crippen LogP contribution is 2.24. The van der Waals surface area contributed by atoms with Crippen LogP contribution in [0.4, 0.5) is 11.5 Å². The Labute approximate surface area is 102 Å². The third-order valence-electron chi connectivity index (χ3n) is 2.87. The van der Waals surface area contributed by atoms with E-state index in [9.17, 15) is 9.70 Å². The van der Waals surface area contributed by atoms with Crippen LogP contribution in [0.15, 0.2) is 48.0 Å². The maximum atomic E-state index is 12.1. The van der Waals surface area contributed by atoms with E-state index in [1.54, 1.807) is 42.9 Å². The van der Waals surface area contributed by atoms with Crippen molar-refractivity contribution in [3.05, 3.63) is 53.3 Å². The number of hydrogen-bond acceptors (Lipinski definition) is 5. The van der Waals surface area contributed by atoms with Crippen LogP contribution < -0.4 is 9.88 Å². The molecule has 1 unspecified atom stereocenters. The highest BCUT2D eigenvalue weighted by atomic mass is 16.3. The second-order valence-electron chi connectivity index (χ2n) is 3.93. The van der Waals surface area contributed by atoms with Gasteiger partial charge in [0.25, 0.3) is 0 Å². The fraction of sp³-hybridized carbons (Fsp3) is 0.0833. The number of aromatic nitrogens is 2. The Morgan fingerprint density at radius 2 is 2.06 bits per heavy atom. The van der Waals surface area contributed by atoms with Crippen LogP contribution in [0.3, 0.4) is 0 Å². The van der Waals surface area contributed by atoms with Gasteiger partial charge in [-0.05, 0) is 17.3 Å². The van der Waals surface area contributed by atoms with Gasteiger partial charge < -0.3 is 0 Å². The maximum absolute atomic E-state index is 12.1. The fourth-order valence-electron chi connectivity index (χ4n) is 1.96. The van der Waals surface area contributed by atoms with Crippen molar-refractivity contribution in [3.8, 4) is 0 Å². The highest BCUT2D eigenvalue weighted by molar-refractivity contribution is 5.82. The average Bonchev–Trinajstić information content (AvgIpc) is 2.77. The van der Waals surface area contributed by atoms with Gasteiger partial charge in [-0.25, -0.2) is 4.79 Å². The molecular formula is C12H9N4O2+. The lowest BCUT2D eigenvalue weighted by molar-refractivity contribution is -0.553. The van der Waals surface area contributed by atoms with Gasteiger partial charge in [0.15, 0.2) is 0 Å². The van der Waals surface area contributed by atoms with Crippen LogP contribution in [-0.2, 0) is 0 Å². The lowest BCUT2D eigenvalue weighted by atomic mass is 10.1. The molecule has 1 aromatic carbocycles. The first-order valence-electron chi connectivity index (χ1n) is 5.39. The molecular weight excluding hydrogens is 232 g/mol. The molecule has 1 N–H and O–H groups in total. The second kappa shape index (κ2) is 3.99. The standard InChI is InChI=1S/C12H8N4O2/c17-12-11(8-1-3-9(15-18)4-2-8)14-10-7-13-5-6-16(10)12/h1-7,11H/p+1. The Morgan fingerprint density at radius 1 is 1.28 bits per heavy atom. The van der Waals surface area contributed by atoms with E-state index in [0.29, 0.717) is 11.5 Å². The molecule has 1 aromatic heterocycles. The Balaban J connectivity index is 1.96. The minimum atomic E-state index is -0.449. The smallest absolute Gasteiger partial charge is 0.254 e. The molecule has 18 heavy (non-hydrogen) atoms. The summed E-state index contributed by atoms with van der Waals surface area (Å²) in [5, 5.41) is 5.91. The molecule has 0 spiro atoms. The summed E-state index contributed by atoms with van der Waals surface area (Å²) in [6, 6.07) is 6.15. The molecule has 2 aromatic rings. The van der Waals surface area contributed by atoms with Gasteiger partial charge in [0, 0.05) is 5.56 Å². The van der Waals surface area contributed by atoms with Crippen LogP contribution >= 0.6 is 0 Å². The van der Waals surface area contributed by atoms with Gasteiger partial charge in [-0.2, -0.15) is 4.57 Å². The van der Waals surface area contributed by atoms with Crippen LogP contribution in [0, 0.1) is 4.91 Å². The lowest BCUT2D eigenvalue weighted by Crippen LogP contribution is -2.39. The SMILES string of the molecule is O=Nc1ccc(C2Nc3cncc[n+]3C2=O)cc1. The van der Waals surface area contributed by atoms with Crippen LogP contribution in [0.25, 0.3) is 0 Å². The number of anilines is 1. The van der Waals surface area contributed by atoms with Gasteiger partial charge in [-0.15, -0.1) is 4.91 Å². The van der Waals surface area contributed by atoms with Gasteiger partial charge in [0.2, 0.25) is 6.04 Å². The molecule has 2 heterocycles. The maximum Gasteiger partial charge on any atom is 0.363 e. The zero-order chi connectivity index (χ0) is 12.5. The first kappa shape index (κ1) is 10.5. The van der Waals surface area contributed by atoms with E-state index >= 15 is 0 Å². The second-order valence-corrected chi connectivity index (χ2v) is 3.93. The van der Waals surface area contributed by atoms with Gasteiger partial charge in [0.1, 0.15) is 18.1 Å². The zero-order valence-corrected chi connectivity index (χ0v) is 9.28.